The zero-order chi connectivity index (χ0) is 17.0. The van der Waals surface area contributed by atoms with Crippen molar-refractivity contribution < 1.29 is 14.8 Å². The molecule has 2 rings (SSSR count). The van der Waals surface area contributed by atoms with Gasteiger partial charge in [0.15, 0.2) is 11.5 Å². The van der Waals surface area contributed by atoms with Gasteiger partial charge in [0.2, 0.25) is 0 Å². The van der Waals surface area contributed by atoms with Gasteiger partial charge in [-0.15, -0.1) is 0 Å². The zero-order valence-electron chi connectivity index (χ0n) is 12.8. The predicted molar refractivity (Wildman–Crippen MR) is 88.9 cm³/mol. The second kappa shape index (κ2) is 6.74. The van der Waals surface area contributed by atoms with Crippen LogP contribution in [0.3, 0.4) is 0 Å². The molecular formula is C17H16N2O4. The van der Waals surface area contributed by atoms with E-state index in [1.807, 2.05) is 43.3 Å². The molecule has 2 aromatic rings. The topological polar surface area (TPSA) is 83.7 Å². The lowest BCUT2D eigenvalue weighted by Crippen LogP contribution is -2.07. The number of aromatic hydroxyl groups is 1. The zero-order valence-corrected chi connectivity index (χ0v) is 12.8. The van der Waals surface area contributed by atoms with Gasteiger partial charge in [-0.3, -0.25) is 14.9 Å². The van der Waals surface area contributed by atoms with E-state index in [-0.39, 0.29) is 11.3 Å². The summed E-state index contributed by atoms with van der Waals surface area (Å²) < 4.78 is 0. The number of phenolic OH excluding ortho intramolecular Hbond substituents is 1. The predicted octanol–water partition coefficient (Wildman–Crippen LogP) is 3.26. The summed E-state index contributed by atoms with van der Waals surface area (Å²) in [7, 11) is 3.87. The van der Waals surface area contributed by atoms with Crippen LogP contribution in [0.4, 0.5) is 11.4 Å². The molecule has 0 bridgehead atoms. The first-order chi connectivity index (χ1) is 10.9. The van der Waals surface area contributed by atoms with Crippen molar-refractivity contribution in [1.29, 1.82) is 0 Å². The number of nitro benzene ring substituents is 1. The smallest absolute Gasteiger partial charge is 0.311 e. The van der Waals surface area contributed by atoms with Gasteiger partial charge < -0.3 is 10.0 Å². The Balaban J connectivity index is 2.18. The second-order valence-corrected chi connectivity index (χ2v) is 5.14. The molecule has 0 heterocycles. The van der Waals surface area contributed by atoms with Gasteiger partial charge in [0.25, 0.3) is 0 Å². The van der Waals surface area contributed by atoms with Crippen molar-refractivity contribution in [2.75, 3.05) is 19.0 Å². The maximum Gasteiger partial charge on any atom is 0.311 e. The summed E-state index contributed by atoms with van der Waals surface area (Å²) in [6.07, 6.45) is 2.99. The minimum atomic E-state index is -0.726. The van der Waals surface area contributed by atoms with Crippen LogP contribution in [0.1, 0.15) is 15.9 Å². The Bertz CT molecular complexity index is 765. The molecule has 6 nitrogen and oxygen atoms in total. The van der Waals surface area contributed by atoms with Crippen molar-refractivity contribution in [3.05, 3.63) is 69.8 Å². The first-order valence-corrected chi connectivity index (χ1v) is 6.85. The molecule has 0 aliphatic carbocycles. The number of allylic oxidation sites excluding steroid dienone is 1. The van der Waals surface area contributed by atoms with E-state index in [2.05, 4.69) is 0 Å². The number of ketones is 1. The van der Waals surface area contributed by atoms with Gasteiger partial charge in [-0.05, 0) is 35.9 Å². The molecule has 6 heteroatoms. The van der Waals surface area contributed by atoms with Crippen molar-refractivity contribution in [3.63, 3.8) is 0 Å². The Morgan fingerprint density at radius 2 is 1.83 bits per heavy atom. The van der Waals surface area contributed by atoms with E-state index in [9.17, 15) is 20.0 Å². The first-order valence-electron chi connectivity index (χ1n) is 6.85. The number of rotatable bonds is 5. The van der Waals surface area contributed by atoms with Crippen LogP contribution in [0.5, 0.6) is 5.75 Å². The SMILES string of the molecule is CN(C)c1ccc(C=CC(=O)c2ccc(O)c([N+](=O)[O-])c2)cc1. The molecule has 0 spiro atoms. The molecule has 118 valence electrons. The average Bonchev–Trinajstić information content (AvgIpc) is 2.53. The molecule has 0 saturated carbocycles. The van der Waals surface area contributed by atoms with E-state index in [0.717, 1.165) is 23.4 Å². The van der Waals surface area contributed by atoms with Crippen LogP contribution in [-0.4, -0.2) is 29.9 Å². The van der Waals surface area contributed by atoms with Crippen molar-refractivity contribution in [1.82, 2.24) is 0 Å². The van der Waals surface area contributed by atoms with Crippen molar-refractivity contribution >= 4 is 23.2 Å². The normalized spacial score (nSPS) is 10.7. The Morgan fingerprint density at radius 3 is 2.39 bits per heavy atom. The highest BCUT2D eigenvalue weighted by Gasteiger charge is 2.15. The third-order valence-electron chi connectivity index (χ3n) is 3.29. The third kappa shape index (κ3) is 3.94. The quantitative estimate of drug-likeness (QED) is 0.396. The minimum Gasteiger partial charge on any atom is -0.502 e. The molecule has 2 aromatic carbocycles. The van der Waals surface area contributed by atoms with Crippen molar-refractivity contribution in [2.45, 2.75) is 0 Å². The molecule has 0 fully saturated rings. The van der Waals surface area contributed by atoms with E-state index >= 15 is 0 Å². The minimum absolute atomic E-state index is 0.149. The van der Waals surface area contributed by atoms with Gasteiger partial charge in [0.1, 0.15) is 0 Å². The molecule has 0 atom stereocenters. The summed E-state index contributed by atoms with van der Waals surface area (Å²) in [6, 6.07) is 11.2. The fourth-order valence-corrected chi connectivity index (χ4v) is 1.97. The molecular weight excluding hydrogens is 296 g/mol. The molecule has 23 heavy (non-hydrogen) atoms. The highest BCUT2D eigenvalue weighted by Crippen LogP contribution is 2.26. The van der Waals surface area contributed by atoms with Crippen LogP contribution in [0, 0.1) is 10.1 Å². The lowest BCUT2D eigenvalue weighted by atomic mass is 10.1. The summed E-state index contributed by atoms with van der Waals surface area (Å²) in [6.45, 7) is 0. The van der Waals surface area contributed by atoms with E-state index < -0.39 is 16.4 Å². The Morgan fingerprint density at radius 1 is 1.17 bits per heavy atom. The second-order valence-electron chi connectivity index (χ2n) is 5.14. The monoisotopic (exact) mass is 312 g/mol. The molecule has 0 aromatic heterocycles. The highest BCUT2D eigenvalue weighted by molar-refractivity contribution is 6.07. The molecule has 0 amide bonds. The largest absolute Gasteiger partial charge is 0.502 e. The van der Waals surface area contributed by atoms with Crippen molar-refractivity contribution in [3.8, 4) is 5.75 Å². The summed E-state index contributed by atoms with van der Waals surface area (Å²) in [5, 5.41) is 20.2. The van der Waals surface area contributed by atoms with Crippen LogP contribution in [0.15, 0.2) is 48.5 Å². The standard InChI is InChI=1S/C17H16N2O4/c1-18(2)14-7-3-12(4-8-14)5-9-16(20)13-6-10-17(21)15(11-13)19(22)23/h3-11,21H,1-2H3. The number of hydrogen-bond donors (Lipinski definition) is 1. The Hall–Kier alpha value is -3.15. The fraction of sp³-hybridized carbons (Fsp3) is 0.118. The Kier molecular flexibility index (Phi) is 4.75. The number of phenols is 1. The van der Waals surface area contributed by atoms with E-state index in [1.54, 1.807) is 6.08 Å². The van der Waals surface area contributed by atoms with Gasteiger partial charge in [0, 0.05) is 31.4 Å². The van der Waals surface area contributed by atoms with Crippen LogP contribution < -0.4 is 4.90 Å². The molecule has 0 aliphatic heterocycles. The summed E-state index contributed by atoms with van der Waals surface area (Å²) in [5.74, 6) is -0.834. The fourth-order valence-electron chi connectivity index (χ4n) is 1.97. The number of carbonyl (C=O) groups excluding carboxylic acids is 1. The highest BCUT2D eigenvalue weighted by atomic mass is 16.6. The number of carbonyl (C=O) groups is 1. The lowest BCUT2D eigenvalue weighted by Gasteiger charge is -2.11. The number of nitro groups is 1. The van der Waals surface area contributed by atoms with Crippen molar-refractivity contribution in [2.24, 2.45) is 0 Å². The number of anilines is 1. The van der Waals surface area contributed by atoms with Gasteiger partial charge >= 0.3 is 5.69 Å². The van der Waals surface area contributed by atoms with Crippen LogP contribution in [0.25, 0.3) is 6.08 Å². The van der Waals surface area contributed by atoms with Gasteiger partial charge in [-0.1, -0.05) is 18.2 Å². The third-order valence-corrected chi connectivity index (χ3v) is 3.29. The summed E-state index contributed by atoms with van der Waals surface area (Å²) in [5.41, 5.74) is 1.55. The Labute approximate surface area is 133 Å². The van der Waals surface area contributed by atoms with Crippen LogP contribution in [0.2, 0.25) is 0 Å². The van der Waals surface area contributed by atoms with Gasteiger partial charge in [-0.25, -0.2) is 0 Å². The maximum absolute atomic E-state index is 12.1. The van der Waals surface area contributed by atoms with Gasteiger partial charge in [-0.2, -0.15) is 0 Å². The molecule has 0 radical (unpaired) electrons. The average molecular weight is 312 g/mol. The van der Waals surface area contributed by atoms with E-state index in [4.69, 9.17) is 0 Å². The van der Waals surface area contributed by atoms with Crippen LogP contribution in [-0.2, 0) is 0 Å². The molecule has 1 N–H and O–H groups in total. The summed E-state index contributed by atoms with van der Waals surface area (Å²) in [4.78, 5) is 24.1. The lowest BCUT2D eigenvalue weighted by molar-refractivity contribution is -0.385. The van der Waals surface area contributed by atoms with E-state index in [0.29, 0.717) is 0 Å². The summed E-state index contributed by atoms with van der Waals surface area (Å²) >= 11 is 0. The van der Waals surface area contributed by atoms with E-state index in [1.165, 1.54) is 12.1 Å². The molecule has 0 saturated heterocycles. The number of hydrogen-bond acceptors (Lipinski definition) is 5. The molecule has 0 aliphatic rings. The first kappa shape index (κ1) is 16.2. The maximum atomic E-state index is 12.1. The number of benzene rings is 2. The molecule has 0 unspecified atom stereocenters. The van der Waals surface area contributed by atoms with Crippen LogP contribution >= 0.6 is 0 Å². The number of nitrogens with zero attached hydrogens (tertiary/aromatic N) is 2. The van der Waals surface area contributed by atoms with Gasteiger partial charge in [0.05, 0.1) is 4.92 Å².